The standard InChI is InChI=1S/C17H16N2O3S/c1-11-3-5-13(6-4-11)9-22-16(21)10-23-17-14(8-18)12(2)7-15(20)19-17/h3-7H,9-10H2,1-2H3,(H,19,20). The predicted molar refractivity (Wildman–Crippen MR) is 88.2 cm³/mol. The van der Waals surface area contributed by atoms with Gasteiger partial charge in [-0.2, -0.15) is 5.26 Å². The summed E-state index contributed by atoms with van der Waals surface area (Å²) in [5.74, 6) is -0.373. The lowest BCUT2D eigenvalue weighted by molar-refractivity contribution is -0.141. The Kier molecular flexibility index (Phi) is 5.61. The highest BCUT2D eigenvalue weighted by Crippen LogP contribution is 2.21. The first-order chi connectivity index (χ1) is 11.0. The van der Waals surface area contributed by atoms with Gasteiger partial charge in [0.1, 0.15) is 12.7 Å². The minimum absolute atomic E-state index is 0.0277. The second-order valence-corrected chi connectivity index (χ2v) is 6.05. The lowest BCUT2D eigenvalue weighted by Crippen LogP contribution is -2.11. The zero-order valence-electron chi connectivity index (χ0n) is 12.9. The molecule has 0 amide bonds. The van der Waals surface area contributed by atoms with E-state index in [1.807, 2.05) is 37.3 Å². The summed E-state index contributed by atoms with van der Waals surface area (Å²) < 4.78 is 5.19. The summed E-state index contributed by atoms with van der Waals surface area (Å²) in [6.07, 6.45) is 0. The summed E-state index contributed by atoms with van der Waals surface area (Å²) >= 11 is 1.09. The van der Waals surface area contributed by atoms with Crippen LogP contribution in [0.2, 0.25) is 0 Å². The first-order valence-corrected chi connectivity index (χ1v) is 7.96. The smallest absolute Gasteiger partial charge is 0.316 e. The van der Waals surface area contributed by atoms with Gasteiger partial charge in [0.2, 0.25) is 5.56 Å². The molecule has 0 radical (unpaired) electrons. The third-order valence-corrected chi connectivity index (χ3v) is 4.15. The summed E-state index contributed by atoms with van der Waals surface area (Å²) in [6, 6.07) is 11.1. The Morgan fingerprint density at radius 3 is 2.65 bits per heavy atom. The van der Waals surface area contributed by atoms with Crippen LogP contribution in [-0.4, -0.2) is 16.7 Å². The quantitative estimate of drug-likeness (QED) is 0.674. The van der Waals surface area contributed by atoms with Crippen molar-refractivity contribution in [2.75, 3.05) is 5.75 Å². The van der Waals surface area contributed by atoms with Crippen molar-refractivity contribution >= 4 is 17.7 Å². The van der Waals surface area contributed by atoms with Crippen molar-refractivity contribution in [1.82, 2.24) is 4.98 Å². The van der Waals surface area contributed by atoms with E-state index in [0.29, 0.717) is 16.2 Å². The lowest BCUT2D eigenvalue weighted by atomic mass is 10.2. The zero-order valence-corrected chi connectivity index (χ0v) is 13.7. The van der Waals surface area contributed by atoms with Crippen LogP contribution in [-0.2, 0) is 16.1 Å². The van der Waals surface area contributed by atoms with Crippen molar-refractivity contribution in [3.05, 3.63) is 62.9 Å². The summed E-state index contributed by atoms with van der Waals surface area (Å²) in [5, 5.41) is 9.52. The van der Waals surface area contributed by atoms with Crippen LogP contribution in [0.5, 0.6) is 0 Å². The maximum absolute atomic E-state index is 11.8. The minimum atomic E-state index is -0.401. The molecule has 0 unspecified atom stereocenters. The van der Waals surface area contributed by atoms with Crippen LogP contribution in [0.15, 0.2) is 40.2 Å². The van der Waals surface area contributed by atoms with Gasteiger partial charge < -0.3 is 9.72 Å². The number of carbonyl (C=O) groups excluding carboxylic acids is 1. The maximum atomic E-state index is 11.8. The number of nitrogens with zero attached hydrogens (tertiary/aromatic N) is 1. The molecule has 0 atom stereocenters. The molecule has 1 heterocycles. The average molecular weight is 328 g/mol. The number of rotatable bonds is 5. The summed E-state index contributed by atoms with van der Waals surface area (Å²) in [6.45, 7) is 3.88. The lowest BCUT2D eigenvalue weighted by Gasteiger charge is -2.07. The molecule has 0 bridgehead atoms. The number of carbonyl (C=O) groups is 1. The number of pyridine rings is 1. The van der Waals surface area contributed by atoms with Gasteiger partial charge in [0.05, 0.1) is 16.3 Å². The van der Waals surface area contributed by atoms with Gasteiger partial charge in [-0.15, -0.1) is 0 Å². The highest BCUT2D eigenvalue weighted by molar-refractivity contribution is 7.99. The molecule has 118 valence electrons. The van der Waals surface area contributed by atoms with E-state index in [1.54, 1.807) is 6.92 Å². The average Bonchev–Trinajstić information content (AvgIpc) is 2.52. The van der Waals surface area contributed by atoms with Crippen molar-refractivity contribution in [2.24, 2.45) is 0 Å². The molecule has 2 aromatic rings. The fourth-order valence-corrected chi connectivity index (χ4v) is 2.80. The highest BCUT2D eigenvalue weighted by Gasteiger charge is 2.11. The van der Waals surface area contributed by atoms with Crippen LogP contribution in [0, 0.1) is 25.2 Å². The summed E-state index contributed by atoms with van der Waals surface area (Å²) in [4.78, 5) is 25.9. The molecule has 0 saturated carbocycles. The summed E-state index contributed by atoms with van der Waals surface area (Å²) in [7, 11) is 0. The Morgan fingerprint density at radius 1 is 1.30 bits per heavy atom. The van der Waals surface area contributed by atoms with Gasteiger partial charge in [0, 0.05) is 6.07 Å². The van der Waals surface area contributed by atoms with E-state index in [1.165, 1.54) is 6.07 Å². The normalized spacial score (nSPS) is 10.1. The van der Waals surface area contributed by atoms with Crippen LogP contribution in [0.4, 0.5) is 0 Å². The largest absolute Gasteiger partial charge is 0.460 e. The Labute approximate surface area is 138 Å². The fraction of sp³-hybridized carbons (Fsp3) is 0.235. The first kappa shape index (κ1) is 16.8. The van der Waals surface area contributed by atoms with Gasteiger partial charge >= 0.3 is 5.97 Å². The molecule has 0 fully saturated rings. The van der Waals surface area contributed by atoms with E-state index in [2.05, 4.69) is 4.98 Å². The van der Waals surface area contributed by atoms with Crippen molar-refractivity contribution in [2.45, 2.75) is 25.5 Å². The van der Waals surface area contributed by atoms with Crippen LogP contribution < -0.4 is 5.56 Å². The van der Waals surface area contributed by atoms with E-state index >= 15 is 0 Å². The Bertz CT molecular complexity index is 804. The maximum Gasteiger partial charge on any atom is 0.316 e. The number of nitrogens with one attached hydrogen (secondary N) is 1. The molecule has 23 heavy (non-hydrogen) atoms. The molecule has 1 aromatic carbocycles. The second kappa shape index (κ2) is 7.65. The molecular formula is C17H16N2O3S. The minimum Gasteiger partial charge on any atom is -0.460 e. The third kappa shape index (κ3) is 4.73. The van der Waals surface area contributed by atoms with Crippen LogP contribution in [0.3, 0.4) is 0 Å². The number of aromatic nitrogens is 1. The molecule has 0 spiro atoms. The molecule has 1 N–H and O–H groups in total. The molecule has 1 aromatic heterocycles. The molecular weight excluding hydrogens is 312 g/mol. The van der Waals surface area contributed by atoms with E-state index in [9.17, 15) is 9.59 Å². The molecule has 0 aliphatic heterocycles. The van der Waals surface area contributed by atoms with E-state index < -0.39 is 5.97 Å². The zero-order chi connectivity index (χ0) is 16.8. The number of aromatic amines is 1. The molecule has 0 aliphatic carbocycles. The van der Waals surface area contributed by atoms with Crippen molar-refractivity contribution in [1.29, 1.82) is 5.26 Å². The van der Waals surface area contributed by atoms with Gasteiger partial charge in [-0.25, -0.2) is 0 Å². The second-order valence-electron chi connectivity index (χ2n) is 5.07. The van der Waals surface area contributed by atoms with Gasteiger partial charge in [-0.1, -0.05) is 41.6 Å². The molecule has 2 rings (SSSR count). The van der Waals surface area contributed by atoms with Crippen LogP contribution in [0.1, 0.15) is 22.3 Å². The number of hydrogen-bond acceptors (Lipinski definition) is 5. The van der Waals surface area contributed by atoms with Gasteiger partial charge in [-0.05, 0) is 25.0 Å². The third-order valence-electron chi connectivity index (χ3n) is 3.17. The van der Waals surface area contributed by atoms with Crippen molar-refractivity contribution in [3.8, 4) is 6.07 Å². The number of esters is 1. The van der Waals surface area contributed by atoms with Gasteiger partial charge in [0.15, 0.2) is 0 Å². The van der Waals surface area contributed by atoms with Crippen LogP contribution in [0.25, 0.3) is 0 Å². The van der Waals surface area contributed by atoms with E-state index in [4.69, 9.17) is 10.00 Å². The topological polar surface area (TPSA) is 83.0 Å². The van der Waals surface area contributed by atoms with Crippen LogP contribution >= 0.6 is 11.8 Å². The highest BCUT2D eigenvalue weighted by atomic mass is 32.2. The Morgan fingerprint density at radius 2 is 2.00 bits per heavy atom. The number of aryl methyl sites for hydroxylation is 2. The van der Waals surface area contributed by atoms with Crippen molar-refractivity contribution in [3.63, 3.8) is 0 Å². The van der Waals surface area contributed by atoms with Gasteiger partial charge in [-0.3, -0.25) is 9.59 Å². The number of ether oxygens (including phenoxy) is 1. The molecule has 0 aliphatic rings. The van der Waals surface area contributed by atoms with Gasteiger partial charge in [0.25, 0.3) is 0 Å². The number of hydrogen-bond donors (Lipinski definition) is 1. The molecule has 0 saturated heterocycles. The molecule has 6 heteroatoms. The first-order valence-electron chi connectivity index (χ1n) is 6.97. The van der Waals surface area contributed by atoms with Crippen molar-refractivity contribution < 1.29 is 9.53 Å². The number of nitriles is 1. The fourth-order valence-electron chi connectivity index (χ4n) is 1.93. The SMILES string of the molecule is Cc1ccc(COC(=O)CSc2[nH]c(=O)cc(C)c2C#N)cc1. The number of benzene rings is 1. The number of thioether (sulfide) groups is 1. The molecule has 5 nitrogen and oxygen atoms in total. The Hall–Kier alpha value is -2.52. The van der Waals surface area contributed by atoms with E-state index in [-0.39, 0.29) is 17.9 Å². The summed E-state index contributed by atoms with van der Waals surface area (Å²) in [5.41, 5.74) is 2.73. The van der Waals surface area contributed by atoms with E-state index in [0.717, 1.165) is 22.9 Å². The monoisotopic (exact) mass is 328 g/mol. The number of H-pyrrole nitrogens is 1. The predicted octanol–water partition coefficient (Wildman–Crippen LogP) is 2.70. The Balaban J connectivity index is 1.93.